The summed E-state index contributed by atoms with van der Waals surface area (Å²) in [5.41, 5.74) is 0. The molecule has 5 heteroatoms. The van der Waals surface area contributed by atoms with E-state index in [-0.39, 0.29) is 11.8 Å². The van der Waals surface area contributed by atoms with Gasteiger partial charge in [0.1, 0.15) is 5.76 Å². The molecule has 1 unspecified atom stereocenters. The highest BCUT2D eigenvalue weighted by Crippen LogP contribution is 2.26. The van der Waals surface area contributed by atoms with Crippen molar-refractivity contribution in [2.45, 2.75) is 65.1 Å². The lowest BCUT2D eigenvalue weighted by atomic mass is 9.92. The van der Waals surface area contributed by atoms with E-state index in [0.29, 0.717) is 25.2 Å². The van der Waals surface area contributed by atoms with Crippen LogP contribution in [0.4, 0.5) is 0 Å². The van der Waals surface area contributed by atoms with E-state index in [1.165, 1.54) is 25.9 Å². The number of amides is 1. The summed E-state index contributed by atoms with van der Waals surface area (Å²) in [6, 6.07) is 5.05. The van der Waals surface area contributed by atoms with Crippen molar-refractivity contribution in [2.75, 3.05) is 32.7 Å². The molecule has 0 N–H and O–H groups in total. The van der Waals surface area contributed by atoms with Gasteiger partial charge >= 0.3 is 0 Å². The van der Waals surface area contributed by atoms with Gasteiger partial charge in [-0.3, -0.25) is 9.69 Å². The average Bonchev–Trinajstić information content (AvgIpc) is 3.24. The SMILES string of the molecule is CC#CCN(Cc1ccco1)C(=O)C1CCCN(C2CCN(C(C)C)CC2)C1. The number of piperidine rings is 2. The summed E-state index contributed by atoms with van der Waals surface area (Å²) in [4.78, 5) is 20.3. The van der Waals surface area contributed by atoms with Crippen molar-refractivity contribution in [1.82, 2.24) is 14.7 Å². The topological polar surface area (TPSA) is 39.9 Å². The molecule has 154 valence electrons. The molecule has 0 bridgehead atoms. The van der Waals surface area contributed by atoms with Gasteiger partial charge in [-0.1, -0.05) is 5.92 Å². The lowest BCUT2D eigenvalue weighted by Crippen LogP contribution is -2.52. The minimum Gasteiger partial charge on any atom is -0.467 e. The number of likely N-dealkylation sites (tertiary alicyclic amines) is 2. The van der Waals surface area contributed by atoms with Crippen LogP contribution in [0.25, 0.3) is 0 Å². The largest absolute Gasteiger partial charge is 0.467 e. The molecule has 1 aromatic heterocycles. The second-order valence-electron chi connectivity index (χ2n) is 8.40. The maximum atomic E-state index is 13.3. The van der Waals surface area contributed by atoms with E-state index in [0.717, 1.165) is 31.7 Å². The van der Waals surface area contributed by atoms with E-state index >= 15 is 0 Å². The van der Waals surface area contributed by atoms with Gasteiger partial charge in [0.25, 0.3) is 0 Å². The first-order valence-electron chi connectivity index (χ1n) is 10.8. The number of hydrogen-bond donors (Lipinski definition) is 0. The maximum Gasteiger partial charge on any atom is 0.228 e. The van der Waals surface area contributed by atoms with Gasteiger partial charge in [0, 0.05) is 18.6 Å². The summed E-state index contributed by atoms with van der Waals surface area (Å²) in [5, 5.41) is 0. The fraction of sp³-hybridized carbons (Fsp3) is 0.696. The molecule has 1 amide bonds. The summed E-state index contributed by atoms with van der Waals surface area (Å²) in [6.07, 6.45) is 6.19. The maximum absolute atomic E-state index is 13.3. The number of hydrogen-bond acceptors (Lipinski definition) is 4. The molecular formula is C23H35N3O2. The number of carbonyl (C=O) groups excluding carboxylic acids is 1. The Hall–Kier alpha value is -1.77. The molecule has 0 spiro atoms. The summed E-state index contributed by atoms with van der Waals surface area (Å²) in [6.45, 7) is 11.7. The Labute approximate surface area is 170 Å². The summed E-state index contributed by atoms with van der Waals surface area (Å²) in [5.74, 6) is 7.10. The Morgan fingerprint density at radius 1 is 1.29 bits per heavy atom. The van der Waals surface area contributed by atoms with E-state index in [2.05, 4.69) is 35.5 Å². The second-order valence-corrected chi connectivity index (χ2v) is 8.40. The van der Waals surface area contributed by atoms with Gasteiger partial charge in [-0.05, 0) is 78.2 Å². The normalized spacial score (nSPS) is 22.1. The molecule has 1 aromatic rings. The van der Waals surface area contributed by atoms with E-state index in [1.54, 1.807) is 6.26 Å². The van der Waals surface area contributed by atoms with Crippen LogP contribution in [-0.4, -0.2) is 65.4 Å². The van der Waals surface area contributed by atoms with Crippen LogP contribution in [0, 0.1) is 17.8 Å². The van der Waals surface area contributed by atoms with Crippen molar-refractivity contribution in [3.63, 3.8) is 0 Å². The minimum absolute atomic E-state index is 0.0745. The summed E-state index contributed by atoms with van der Waals surface area (Å²) < 4.78 is 5.47. The smallest absolute Gasteiger partial charge is 0.228 e. The third kappa shape index (κ3) is 5.40. The zero-order valence-electron chi connectivity index (χ0n) is 17.7. The zero-order valence-corrected chi connectivity index (χ0v) is 17.7. The highest BCUT2D eigenvalue weighted by molar-refractivity contribution is 5.79. The molecule has 3 heterocycles. The molecule has 0 saturated carbocycles. The predicted molar refractivity (Wildman–Crippen MR) is 112 cm³/mol. The van der Waals surface area contributed by atoms with Crippen LogP contribution in [0.3, 0.4) is 0 Å². The predicted octanol–water partition coefficient (Wildman–Crippen LogP) is 3.22. The van der Waals surface area contributed by atoms with Crippen molar-refractivity contribution in [1.29, 1.82) is 0 Å². The van der Waals surface area contributed by atoms with Gasteiger partial charge < -0.3 is 14.2 Å². The number of nitrogens with zero attached hydrogens (tertiary/aromatic N) is 3. The number of carbonyl (C=O) groups is 1. The van der Waals surface area contributed by atoms with Crippen molar-refractivity contribution < 1.29 is 9.21 Å². The molecule has 0 aromatic carbocycles. The van der Waals surface area contributed by atoms with Gasteiger partial charge in [0.05, 0.1) is 25.3 Å². The van der Waals surface area contributed by atoms with E-state index < -0.39 is 0 Å². The lowest BCUT2D eigenvalue weighted by Gasteiger charge is -2.43. The van der Waals surface area contributed by atoms with E-state index in [1.807, 2.05) is 24.0 Å². The van der Waals surface area contributed by atoms with Crippen LogP contribution in [-0.2, 0) is 11.3 Å². The van der Waals surface area contributed by atoms with E-state index in [9.17, 15) is 4.79 Å². The fourth-order valence-electron chi connectivity index (χ4n) is 4.54. The van der Waals surface area contributed by atoms with Crippen molar-refractivity contribution in [2.24, 2.45) is 5.92 Å². The molecule has 5 nitrogen and oxygen atoms in total. The molecule has 2 aliphatic heterocycles. The Morgan fingerprint density at radius 3 is 2.71 bits per heavy atom. The third-order valence-electron chi connectivity index (χ3n) is 6.23. The molecular weight excluding hydrogens is 350 g/mol. The Kier molecular flexibility index (Phi) is 7.58. The molecule has 2 fully saturated rings. The average molecular weight is 386 g/mol. The third-order valence-corrected chi connectivity index (χ3v) is 6.23. The Balaban J connectivity index is 1.59. The zero-order chi connectivity index (χ0) is 19.9. The van der Waals surface area contributed by atoms with Crippen LogP contribution in [0.1, 0.15) is 52.2 Å². The van der Waals surface area contributed by atoms with Gasteiger partial charge in [0.15, 0.2) is 0 Å². The molecule has 1 atom stereocenters. The molecule has 28 heavy (non-hydrogen) atoms. The van der Waals surface area contributed by atoms with Gasteiger partial charge in [-0.25, -0.2) is 0 Å². The molecule has 2 aliphatic rings. The standard InChI is InChI=1S/C23H35N3O2/c1-4-5-12-26(18-22-9-7-16-28-22)23(27)20-8-6-13-25(17-20)21-10-14-24(15-11-21)19(2)3/h7,9,16,19-21H,6,8,10-15,17-18H2,1-3H3. The number of rotatable bonds is 6. The van der Waals surface area contributed by atoms with Crippen LogP contribution < -0.4 is 0 Å². The molecule has 0 radical (unpaired) electrons. The van der Waals surface area contributed by atoms with Crippen LogP contribution in [0.2, 0.25) is 0 Å². The number of furan rings is 1. The Morgan fingerprint density at radius 2 is 2.07 bits per heavy atom. The first kappa shape index (κ1) is 21.0. The first-order chi connectivity index (χ1) is 13.6. The van der Waals surface area contributed by atoms with E-state index in [4.69, 9.17) is 4.42 Å². The van der Waals surface area contributed by atoms with Gasteiger partial charge in [-0.2, -0.15) is 0 Å². The summed E-state index contributed by atoms with van der Waals surface area (Å²) >= 11 is 0. The Bertz CT molecular complexity index is 666. The van der Waals surface area contributed by atoms with Crippen LogP contribution >= 0.6 is 0 Å². The van der Waals surface area contributed by atoms with Crippen molar-refractivity contribution >= 4 is 5.91 Å². The quantitative estimate of drug-likeness (QED) is 0.705. The highest BCUT2D eigenvalue weighted by atomic mass is 16.3. The van der Waals surface area contributed by atoms with Crippen LogP contribution in [0.5, 0.6) is 0 Å². The molecule has 2 saturated heterocycles. The van der Waals surface area contributed by atoms with Gasteiger partial charge in [-0.15, -0.1) is 5.92 Å². The first-order valence-corrected chi connectivity index (χ1v) is 10.8. The molecule has 3 rings (SSSR count). The monoisotopic (exact) mass is 385 g/mol. The lowest BCUT2D eigenvalue weighted by molar-refractivity contribution is -0.138. The fourth-order valence-corrected chi connectivity index (χ4v) is 4.54. The highest BCUT2D eigenvalue weighted by Gasteiger charge is 2.33. The van der Waals surface area contributed by atoms with Crippen molar-refractivity contribution in [3.8, 4) is 11.8 Å². The summed E-state index contributed by atoms with van der Waals surface area (Å²) in [7, 11) is 0. The van der Waals surface area contributed by atoms with Gasteiger partial charge in [0.2, 0.25) is 5.91 Å². The molecule has 0 aliphatic carbocycles. The van der Waals surface area contributed by atoms with Crippen molar-refractivity contribution in [3.05, 3.63) is 24.2 Å². The minimum atomic E-state index is 0.0745. The van der Waals surface area contributed by atoms with Crippen LogP contribution in [0.15, 0.2) is 22.8 Å². The second kappa shape index (κ2) is 10.1.